The Labute approximate surface area is 130 Å². The van der Waals surface area contributed by atoms with E-state index in [2.05, 4.69) is 10.3 Å². The molecule has 1 aliphatic rings. The molecule has 1 aromatic heterocycles. The minimum absolute atomic E-state index is 0. The van der Waals surface area contributed by atoms with E-state index in [9.17, 15) is 9.59 Å². The van der Waals surface area contributed by atoms with Gasteiger partial charge in [-0.3, -0.25) is 9.78 Å². The molecule has 0 saturated heterocycles. The van der Waals surface area contributed by atoms with Gasteiger partial charge in [0.1, 0.15) is 0 Å². The molecule has 0 spiro atoms. The van der Waals surface area contributed by atoms with Gasteiger partial charge in [0.15, 0.2) is 5.56 Å². The summed E-state index contributed by atoms with van der Waals surface area (Å²) >= 11 is 0. The summed E-state index contributed by atoms with van der Waals surface area (Å²) in [6.07, 6.45) is 0. The molecule has 2 heterocycles. The normalized spacial score (nSPS) is 13.3. The maximum absolute atomic E-state index is 12.0. The molecule has 1 aliphatic heterocycles. The van der Waals surface area contributed by atoms with Crippen LogP contribution in [0.5, 0.6) is 0 Å². The zero-order chi connectivity index (χ0) is 11.1. The van der Waals surface area contributed by atoms with Crippen LogP contribution < -0.4 is 10.9 Å². The number of carbonyl (C=O) groups is 1. The van der Waals surface area contributed by atoms with Gasteiger partial charge in [0.05, 0.1) is 5.52 Å². The number of amides is 1. The summed E-state index contributed by atoms with van der Waals surface area (Å²) in [5.74, 6) is 0.287. The van der Waals surface area contributed by atoms with Gasteiger partial charge >= 0.3 is 0 Å². The second-order valence-electron chi connectivity index (χ2n) is 3.57. The Morgan fingerprint density at radius 1 is 1.29 bits per heavy atom. The molecular weight excluding hydrogens is 350 g/mol. The molecule has 5 nitrogen and oxygen atoms in total. The molecule has 1 N–H and O–H groups in total. The fourth-order valence-electron chi connectivity index (χ4n) is 1.78. The summed E-state index contributed by atoms with van der Waals surface area (Å²) in [7, 11) is 0. The van der Waals surface area contributed by atoms with Crippen LogP contribution in [-0.2, 0) is 11.3 Å². The summed E-state index contributed by atoms with van der Waals surface area (Å²) in [6, 6.07) is 7.10. The van der Waals surface area contributed by atoms with Crippen LogP contribution >= 0.6 is 0 Å². The van der Waals surface area contributed by atoms with Crippen LogP contribution in [0.2, 0.25) is 0 Å². The Kier molecular flexibility index (Phi) is 3.48. The molecule has 1 amide bonds. The molecule has 6 heteroatoms. The van der Waals surface area contributed by atoms with E-state index in [0.29, 0.717) is 16.7 Å². The predicted molar refractivity (Wildman–Crippen MR) is 57.5 cm³/mol. The predicted octanol–water partition coefficient (Wildman–Crippen LogP) is 0.0362. The molecule has 0 radical (unpaired) electrons. The van der Waals surface area contributed by atoms with Gasteiger partial charge in [-0.25, -0.2) is 0 Å². The van der Waals surface area contributed by atoms with E-state index in [4.69, 9.17) is 0 Å². The van der Waals surface area contributed by atoms with Crippen molar-refractivity contribution in [1.29, 1.82) is 0 Å². The number of hydrogen-bond acceptors (Lipinski definition) is 3. The summed E-state index contributed by atoms with van der Waals surface area (Å²) in [6.45, 7) is 1.52. The van der Waals surface area contributed by atoms with Gasteiger partial charge in [-0.05, 0) is 12.6 Å². The van der Waals surface area contributed by atoms with Crippen LogP contribution in [0.3, 0.4) is 0 Å². The van der Waals surface area contributed by atoms with Crippen LogP contribution in [0.15, 0.2) is 29.1 Å². The van der Waals surface area contributed by atoms with E-state index in [1.165, 1.54) is 11.1 Å². The van der Waals surface area contributed by atoms with E-state index in [0.717, 1.165) is 0 Å². The molecule has 17 heavy (non-hydrogen) atoms. The van der Waals surface area contributed by atoms with Crippen LogP contribution in [0.4, 0.5) is 0 Å². The number of para-hydroxylation sites is 1. The van der Waals surface area contributed by atoms with Crippen LogP contribution in [-0.4, -0.2) is 15.5 Å². The topological polar surface area (TPSA) is 64.0 Å². The first-order valence-electron chi connectivity index (χ1n) is 4.88. The largest absolute Gasteiger partial charge is 0.425 e. The molecule has 0 aliphatic carbocycles. The van der Waals surface area contributed by atoms with Crippen LogP contribution in [0, 0.1) is 47.4 Å². The van der Waals surface area contributed by atoms with E-state index >= 15 is 0 Å². The molecule has 84 valence electrons. The van der Waals surface area contributed by atoms with Crippen LogP contribution in [0.1, 0.15) is 5.82 Å². The summed E-state index contributed by atoms with van der Waals surface area (Å²) in [4.78, 5) is 27.5. The number of nitrogens with zero attached hydrogens (tertiary/aromatic N) is 2. The van der Waals surface area contributed by atoms with Crippen molar-refractivity contribution in [2.24, 2.45) is 0 Å². The second-order valence-corrected chi connectivity index (χ2v) is 3.57. The van der Waals surface area contributed by atoms with Crippen molar-refractivity contribution in [3.05, 3.63) is 47.0 Å². The van der Waals surface area contributed by atoms with Gasteiger partial charge in [0.2, 0.25) is 5.91 Å². The van der Waals surface area contributed by atoms with Crippen LogP contribution in [0.25, 0.3) is 10.9 Å². The smallest absolute Gasteiger partial charge is 0.204 e. The van der Waals surface area contributed by atoms with Gasteiger partial charge in [-0.2, -0.15) is 0 Å². The standard InChI is InChI=1S/C11H8N3O2.Nd/c15-10-6-14-9(5-12-10)13-8-4-2-1-3-7(8)11(14)16;/h1-4,6H,5H2,(H,12,15);/q-1;. The monoisotopic (exact) mass is 356 g/mol. The fourth-order valence-corrected chi connectivity index (χ4v) is 1.78. The molecule has 0 unspecified atom stereocenters. The third kappa shape index (κ3) is 2.09. The molecule has 0 atom stereocenters. The zero-order valence-corrected chi connectivity index (χ0v) is 12.0. The molecule has 0 saturated carbocycles. The van der Waals surface area contributed by atoms with Gasteiger partial charge in [0.25, 0.3) is 0 Å². The van der Waals surface area contributed by atoms with Gasteiger partial charge in [-0.1, -0.05) is 18.2 Å². The molecule has 0 bridgehead atoms. The van der Waals surface area contributed by atoms with E-state index in [1.54, 1.807) is 18.2 Å². The summed E-state index contributed by atoms with van der Waals surface area (Å²) < 4.78 is 1.31. The number of rotatable bonds is 0. The first-order chi connectivity index (χ1) is 7.75. The molecule has 1 aromatic carbocycles. The SMILES string of the molecule is O=C1[CH-]n2c(nc3ccccc3c2=O)CN1.[Nd]. The van der Waals surface area contributed by atoms with Crippen molar-refractivity contribution in [2.75, 3.05) is 0 Å². The average Bonchev–Trinajstić information content (AvgIpc) is 2.31. The van der Waals surface area contributed by atoms with Crippen molar-refractivity contribution in [1.82, 2.24) is 14.9 Å². The minimum atomic E-state index is -0.272. The van der Waals surface area contributed by atoms with E-state index in [-0.39, 0.29) is 58.9 Å². The quantitative estimate of drug-likeness (QED) is 0.676. The third-order valence-electron chi connectivity index (χ3n) is 2.55. The second kappa shape index (κ2) is 4.73. The number of nitrogens with one attached hydrogen (secondary N) is 1. The third-order valence-corrected chi connectivity index (χ3v) is 2.55. The maximum Gasteiger partial charge on any atom is 0.204 e. The van der Waals surface area contributed by atoms with E-state index < -0.39 is 0 Å². The van der Waals surface area contributed by atoms with Crippen molar-refractivity contribution in [2.45, 2.75) is 6.54 Å². The maximum atomic E-state index is 12.0. The number of aromatic nitrogens is 2. The fraction of sp³-hybridized carbons (Fsp3) is 0.0909. The molecular formula is C11H8N3NdO2-. The first kappa shape index (κ1) is 12.5. The van der Waals surface area contributed by atoms with E-state index in [1.807, 2.05) is 6.07 Å². The van der Waals surface area contributed by atoms with Crippen molar-refractivity contribution >= 4 is 16.8 Å². The first-order valence-corrected chi connectivity index (χ1v) is 4.88. The molecule has 2 aromatic rings. The van der Waals surface area contributed by atoms with Crippen molar-refractivity contribution < 1.29 is 45.6 Å². The van der Waals surface area contributed by atoms with Gasteiger partial charge < -0.3 is 14.7 Å². The Morgan fingerprint density at radius 2 is 2.06 bits per heavy atom. The minimum Gasteiger partial charge on any atom is -0.425 e. The Morgan fingerprint density at radius 3 is 2.88 bits per heavy atom. The molecule has 3 rings (SSSR count). The van der Waals surface area contributed by atoms with Gasteiger partial charge in [0, 0.05) is 58.6 Å². The Bertz CT molecular complexity index is 651. The number of fused-ring (bicyclic) bond motifs is 2. The average molecular weight is 358 g/mol. The summed E-state index contributed by atoms with van der Waals surface area (Å²) in [5, 5.41) is 3.14. The number of carbonyl (C=O) groups excluding carboxylic acids is 1. The van der Waals surface area contributed by atoms with Crippen molar-refractivity contribution in [3.63, 3.8) is 0 Å². The molecule has 0 fully saturated rings. The zero-order valence-electron chi connectivity index (χ0n) is 8.80. The number of benzene rings is 1. The Hall–Kier alpha value is -0.949. The Balaban J connectivity index is 0.00000108. The van der Waals surface area contributed by atoms with Gasteiger partial charge in [-0.15, -0.1) is 0 Å². The van der Waals surface area contributed by atoms with Crippen molar-refractivity contribution in [3.8, 4) is 0 Å². The summed E-state index contributed by atoms with van der Waals surface area (Å²) in [5.41, 5.74) is 0.457. The number of hydrogen-bond donors (Lipinski definition) is 1.